The van der Waals surface area contributed by atoms with Gasteiger partial charge in [0.1, 0.15) is 11.6 Å². The average molecular weight is 402 g/mol. The lowest BCUT2D eigenvalue weighted by molar-refractivity contribution is -0.117. The molecular weight excluding hydrogens is 372 g/mol. The molecule has 0 bridgehead atoms. The Bertz CT molecular complexity index is 794. The number of hydrogen-bond acceptors (Lipinski definition) is 5. The molecule has 2 aliphatic carbocycles. The van der Waals surface area contributed by atoms with Crippen molar-refractivity contribution in [3.8, 4) is 0 Å². The van der Waals surface area contributed by atoms with Gasteiger partial charge in [0.15, 0.2) is 0 Å². The van der Waals surface area contributed by atoms with Gasteiger partial charge in [-0.1, -0.05) is 6.07 Å². The zero-order valence-corrected chi connectivity index (χ0v) is 17.4. The molecule has 2 saturated carbocycles. The predicted octanol–water partition coefficient (Wildman–Crippen LogP) is 3.00. The number of para-hydroxylation sites is 1. The Labute approximate surface area is 171 Å². The minimum absolute atomic E-state index is 0.147. The first kappa shape index (κ1) is 21.0. The molecule has 3 amide bonds. The van der Waals surface area contributed by atoms with Crippen LogP contribution in [-0.2, 0) is 9.53 Å². The molecule has 0 aliphatic heterocycles. The number of benzene rings is 1. The second-order valence-corrected chi connectivity index (χ2v) is 8.75. The van der Waals surface area contributed by atoms with Crippen LogP contribution in [0.4, 0.5) is 16.2 Å². The molecule has 1 aromatic carbocycles. The van der Waals surface area contributed by atoms with Crippen LogP contribution in [0, 0.1) is 0 Å². The Balaban J connectivity index is 1.70. The van der Waals surface area contributed by atoms with Crippen LogP contribution in [-0.4, -0.2) is 41.6 Å². The van der Waals surface area contributed by atoms with E-state index in [4.69, 9.17) is 4.74 Å². The molecule has 29 heavy (non-hydrogen) atoms. The molecule has 3 rings (SSSR count). The van der Waals surface area contributed by atoms with Crippen molar-refractivity contribution in [2.24, 2.45) is 0 Å². The normalized spacial score (nSPS) is 17.1. The number of rotatable bonds is 7. The summed E-state index contributed by atoms with van der Waals surface area (Å²) in [5.74, 6) is -0.541. The van der Waals surface area contributed by atoms with Gasteiger partial charge >= 0.3 is 6.09 Å². The molecule has 0 saturated heterocycles. The van der Waals surface area contributed by atoms with Crippen LogP contribution in [0.15, 0.2) is 18.2 Å². The fourth-order valence-electron chi connectivity index (χ4n) is 2.71. The van der Waals surface area contributed by atoms with Gasteiger partial charge in [0.2, 0.25) is 5.91 Å². The number of alkyl carbamates (subject to hydrolysis) is 1. The van der Waals surface area contributed by atoms with Crippen LogP contribution in [0.3, 0.4) is 0 Å². The standard InChI is InChI=1S/C21H30N4O4/c1-12(22-20(28)29-21(2,3)4)18(26)25-16-7-5-6-15(17(16)23-13-8-9-13)19(27)24-14-10-11-14/h5-7,12-14,23H,8-11H2,1-4H3,(H,22,28)(H,24,27)(H,25,26). The first-order valence-electron chi connectivity index (χ1n) is 10.1. The highest BCUT2D eigenvalue weighted by Crippen LogP contribution is 2.33. The van der Waals surface area contributed by atoms with Gasteiger partial charge in [0.05, 0.1) is 16.9 Å². The summed E-state index contributed by atoms with van der Waals surface area (Å²) in [6.45, 7) is 6.85. The fourth-order valence-corrected chi connectivity index (χ4v) is 2.71. The Kier molecular flexibility index (Phi) is 6.00. The summed E-state index contributed by atoms with van der Waals surface area (Å²) in [6, 6.07) is 4.98. The highest BCUT2D eigenvalue weighted by Gasteiger charge is 2.29. The van der Waals surface area contributed by atoms with E-state index in [0.29, 0.717) is 23.0 Å². The Hall–Kier alpha value is -2.77. The highest BCUT2D eigenvalue weighted by atomic mass is 16.6. The molecule has 0 spiro atoms. The molecule has 4 N–H and O–H groups in total. The summed E-state index contributed by atoms with van der Waals surface area (Å²) in [5.41, 5.74) is 0.994. The molecule has 1 aromatic rings. The number of anilines is 2. The van der Waals surface area contributed by atoms with E-state index in [1.54, 1.807) is 45.9 Å². The SMILES string of the molecule is CC(NC(=O)OC(C)(C)C)C(=O)Nc1cccc(C(=O)NC2CC2)c1NC1CC1. The minimum Gasteiger partial charge on any atom is -0.444 e. The molecule has 0 radical (unpaired) electrons. The van der Waals surface area contributed by atoms with Crippen molar-refractivity contribution in [1.82, 2.24) is 10.6 Å². The van der Waals surface area contributed by atoms with Crippen LogP contribution in [0.25, 0.3) is 0 Å². The number of carbonyl (C=O) groups excluding carboxylic acids is 3. The third-order valence-corrected chi connectivity index (χ3v) is 4.53. The first-order valence-corrected chi connectivity index (χ1v) is 10.1. The van der Waals surface area contributed by atoms with E-state index in [-0.39, 0.29) is 11.9 Å². The van der Waals surface area contributed by atoms with Gasteiger partial charge in [-0.25, -0.2) is 4.79 Å². The van der Waals surface area contributed by atoms with E-state index in [1.807, 2.05) is 0 Å². The van der Waals surface area contributed by atoms with Gasteiger partial charge in [-0.05, 0) is 65.5 Å². The molecular formula is C21H30N4O4. The summed E-state index contributed by atoms with van der Waals surface area (Å²) >= 11 is 0. The van der Waals surface area contributed by atoms with Crippen LogP contribution in [0.2, 0.25) is 0 Å². The third kappa shape index (κ3) is 6.37. The molecule has 1 unspecified atom stereocenters. The molecule has 2 fully saturated rings. The largest absolute Gasteiger partial charge is 0.444 e. The lowest BCUT2D eigenvalue weighted by Gasteiger charge is -2.22. The Morgan fingerprint density at radius 2 is 1.72 bits per heavy atom. The first-order chi connectivity index (χ1) is 13.6. The highest BCUT2D eigenvalue weighted by molar-refractivity contribution is 6.06. The predicted molar refractivity (Wildman–Crippen MR) is 111 cm³/mol. The van der Waals surface area contributed by atoms with Crippen LogP contribution in [0.5, 0.6) is 0 Å². The summed E-state index contributed by atoms with van der Waals surface area (Å²) in [7, 11) is 0. The van der Waals surface area contributed by atoms with Crippen molar-refractivity contribution in [2.75, 3.05) is 10.6 Å². The second-order valence-electron chi connectivity index (χ2n) is 8.75. The van der Waals surface area contributed by atoms with E-state index in [1.165, 1.54) is 0 Å². The van der Waals surface area contributed by atoms with E-state index in [2.05, 4.69) is 21.3 Å². The summed E-state index contributed by atoms with van der Waals surface area (Å²) in [5, 5.41) is 11.7. The maximum atomic E-state index is 12.6. The van der Waals surface area contributed by atoms with Crippen molar-refractivity contribution < 1.29 is 19.1 Å². The molecule has 0 heterocycles. The van der Waals surface area contributed by atoms with E-state index in [9.17, 15) is 14.4 Å². The fraction of sp³-hybridized carbons (Fsp3) is 0.571. The zero-order valence-electron chi connectivity index (χ0n) is 17.4. The maximum absolute atomic E-state index is 12.6. The molecule has 0 aromatic heterocycles. The zero-order chi connectivity index (χ0) is 21.2. The lowest BCUT2D eigenvalue weighted by Crippen LogP contribution is -2.44. The molecule has 1 atom stereocenters. The summed E-state index contributed by atoms with van der Waals surface area (Å²) in [6.07, 6.45) is 3.41. The topological polar surface area (TPSA) is 109 Å². The van der Waals surface area contributed by atoms with Crippen molar-refractivity contribution in [3.05, 3.63) is 23.8 Å². The molecule has 8 heteroatoms. The second kappa shape index (κ2) is 8.31. The smallest absolute Gasteiger partial charge is 0.408 e. The number of hydrogen-bond donors (Lipinski definition) is 4. The van der Waals surface area contributed by atoms with Crippen LogP contribution < -0.4 is 21.3 Å². The summed E-state index contributed by atoms with van der Waals surface area (Å²) in [4.78, 5) is 37.2. The van der Waals surface area contributed by atoms with Gasteiger partial charge in [-0.3, -0.25) is 9.59 Å². The number of ether oxygens (including phenoxy) is 1. The summed E-state index contributed by atoms with van der Waals surface area (Å²) < 4.78 is 5.19. The monoisotopic (exact) mass is 402 g/mol. The van der Waals surface area contributed by atoms with E-state index >= 15 is 0 Å². The van der Waals surface area contributed by atoms with E-state index < -0.39 is 23.6 Å². The van der Waals surface area contributed by atoms with Gasteiger partial charge in [-0.15, -0.1) is 0 Å². The minimum atomic E-state index is -0.803. The van der Waals surface area contributed by atoms with Crippen molar-refractivity contribution in [1.29, 1.82) is 0 Å². The van der Waals surface area contributed by atoms with Crippen molar-refractivity contribution in [2.45, 2.75) is 77.1 Å². The Morgan fingerprint density at radius 3 is 2.31 bits per heavy atom. The molecule has 8 nitrogen and oxygen atoms in total. The number of carbonyl (C=O) groups is 3. The van der Waals surface area contributed by atoms with Crippen LogP contribution in [0.1, 0.15) is 63.7 Å². The van der Waals surface area contributed by atoms with Crippen molar-refractivity contribution in [3.63, 3.8) is 0 Å². The van der Waals surface area contributed by atoms with Gasteiger partial charge in [0.25, 0.3) is 5.91 Å². The lowest BCUT2D eigenvalue weighted by atomic mass is 10.1. The van der Waals surface area contributed by atoms with Crippen molar-refractivity contribution >= 4 is 29.3 Å². The van der Waals surface area contributed by atoms with Gasteiger partial charge in [-0.2, -0.15) is 0 Å². The Morgan fingerprint density at radius 1 is 1.07 bits per heavy atom. The number of nitrogens with one attached hydrogen (secondary N) is 4. The third-order valence-electron chi connectivity index (χ3n) is 4.53. The number of amides is 3. The average Bonchev–Trinajstić information content (AvgIpc) is 3.50. The maximum Gasteiger partial charge on any atom is 0.408 e. The quantitative estimate of drug-likeness (QED) is 0.561. The molecule has 158 valence electrons. The van der Waals surface area contributed by atoms with Gasteiger partial charge < -0.3 is 26.0 Å². The van der Waals surface area contributed by atoms with Crippen LogP contribution >= 0.6 is 0 Å². The van der Waals surface area contributed by atoms with E-state index in [0.717, 1.165) is 25.7 Å². The molecule has 2 aliphatic rings. The van der Waals surface area contributed by atoms with Gasteiger partial charge in [0, 0.05) is 12.1 Å².